The number of aryl methyl sites for hydroxylation is 1. The van der Waals surface area contributed by atoms with E-state index in [2.05, 4.69) is 20.6 Å². The molecule has 21 heavy (non-hydrogen) atoms. The zero-order valence-electron chi connectivity index (χ0n) is 10.9. The second-order valence-corrected chi connectivity index (χ2v) is 5.58. The zero-order chi connectivity index (χ0) is 14.8. The molecule has 0 aliphatic carbocycles. The van der Waals surface area contributed by atoms with Gasteiger partial charge in [0.25, 0.3) is 5.91 Å². The first-order chi connectivity index (χ1) is 10.1. The highest BCUT2D eigenvalue weighted by molar-refractivity contribution is 7.20. The lowest BCUT2D eigenvalue weighted by Crippen LogP contribution is -2.20. The Bertz CT molecular complexity index is 771. The van der Waals surface area contributed by atoms with Gasteiger partial charge in [0.05, 0.1) is 0 Å². The van der Waals surface area contributed by atoms with E-state index >= 15 is 0 Å². The van der Waals surface area contributed by atoms with E-state index in [1.54, 1.807) is 18.2 Å². The number of nitrogens with zero attached hydrogens (tertiary/aromatic N) is 4. The zero-order valence-corrected chi connectivity index (χ0v) is 12.5. The quantitative estimate of drug-likeness (QED) is 0.795. The van der Waals surface area contributed by atoms with Crippen LogP contribution < -0.4 is 10.1 Å². The minimum Gasteiger partial charge on any atom is -0.484 e. The molecule has 0 spiro atoms. The normalized spacial score (nSPS) is 10.8. The smallest absolute Gasteiger partial charge is 0.264 e. The van der Waals surface area contributed by atoms with Crippen molar-refractivity contribution in [3.8, 4) is 5.75 Å². The summed E-state index contributed by atoms with van der Waals surface area (Å²) in [6, 6.07) is 5.22. The number of benzene rings is 1. The summed E-state index contributed by atoms with van der Waals surface area (Å²) in [6.07, 6.45) is 1.47. The first-order valence-corrected chi connectivity index (χ1v) is 7.17. The van der Waals surface area contributed by atoms with Crippen molar-refractivity contribution in [1.29, 1.82) is 0 Å². The molecule has 0 aliphatic rings. The summed E-state index contributed by atoms with van der Waals surface area (Å²) >= 11 is 7.16. The van der Waals surface area contributed by atoms with Crippen LogP contribution in [0.1, 0.15) is 5.56 Å². The van der Waals surface area contributed by atoms with E-state index in [9.17, 15) is 4.79 Å². The number of nitrogens with one attached hydrogen (secondary N) is 1. The lowest BCUT2D eigenvalue weighted by Gasteiger charge is -2.07. The van der Waals surface area contributed by atoms with Crippen LogP contribution in [0.4, 0.5) is 5.13 Å². The van der Waals surface area contributed by atoms with Crippen molar-refractivity contribution in [2.24, 2.45) is 0 Å². The molecule has 1 aromatic carbocycles. The Morgan fingerprint density at radius 1 is 1.52 bits per heavy atom. The third-order valence-corrected chi connectivity index (χ3v) is 3.88. The molecule has 0 aliphatic heterocycles. The first kappa shape index (κ1) is 13.8. The molecule has 3 rings (SSSR count). The average Bonchev–Trinajstić information content (AvgIpc) is 3.01. The van der Waals surface area contributed by atoms with Crippen LogP contribution in [-0.4, -0.2) is 32.3 Å². The van der Waals surface area contributed by atoms with Crippen LogP contribution in [0, 0.1) is 6.92 Å². The van der Waals surface area contributed by atoms with E-state index in [4.69, 9.17) is 16.3 Å². The van der Waals surface area contributed by atoms with Crippen molar-refractivity contribution in [2.45, 2.75) is 6.92 Å². The third-order valence-electron chi connectivity index (χ3n) is 2.63. The Morgan fingerprint density at radius 2 is 2.38 bits per heavy atom. The maximum Gasteiger partial charge on any atom is 0.264 e. The molecule has 2 heterocycles. The van der Waals surface area contributed by atoms with Gasteiger partial charge >= 0.3 is 0 Å². The Hall–Kier alpha value is -2.19. The number of aromatic nitrogens is 4. The van der Waals surface area contributed by atoms with Crippen molar-refractivity contribution in [2.75, 3.05) is 11.9 Å². The fraction of sp³-hybridized carbons (Fsp3) is 0.167. The maximum absolute atomic E-state index is 11.8. The van der Waals surface area contributed by atoms with Gasteiger partial charge in [0, 0.05) is 5.02 Å². The van der Waals surface area contributed by atoms with E-state index in [0.717, 1.165) is 5.56 Å². The van der Waals surface area contributed by atoms with Crippen molar-refractivity contribution in [3.63, 3.8) is 0 Å². The monoisotopic (exact) mass is 323 g/mol. The molecular formula is C12H10ClN5O2S. The SMILES string of the molecule is Cc1cc(OCC(=O)Nc2nn3cnnc3s2)ccc1Cl. The molecule has 1 amide bonds. The standard InChI is InChI=1S/C12H10ClN5O2S/c1-7-4-8(2-3-9(7)13)20-5-10(19)15-11-17-18-6-14-16-12(18)21-11/h2-4,6H,5H2,1H3,(H,15,17,19). The molecule has 1 N–H and O–H groups in total. The molecular weight excluding hydrogens is 314 g/mol. The fourth-order valence-corrected chi connectivity index (χ4v) is 2.48. The number of hydrogen-bond acceptors (Lipinski definition) is 6. The summed E-state index contributed by atoms with van der Waals surface area (Å²) in [5.41, 5.74) is 0.892. The molecule has 7 nitrogen and oxygen atoms in total. The van der Waals surface area contributed by atoms with Crippen LogP contribution in [0.3, 0.4) is 0 Å². The first-order valence-electron chi connectivity index (χ1n) is 5.97. The summed E-state index contributed by atoms with van der Waals surface area (Å²) in [4.78, 5) is 12.4. The van der Waals surface area contributed by atoms with Gasteiger partial charge < -0.3 is 4.74 Å². The Labute approximate surface area is 128 Å². The topological polar surface area (TPSA) is 81.4 Å². The largest absolute Gasteiger partial charge is 0.484 e. The number of halogens is 1. The van der Waals surface area contributed by atoms with Crippen LogP contribution >= 0.6 is 22.9 Å². The summed E-state index contributed by atoms with van der Waals surface area (Å²) in [5, 5.41) is 15.4. The van der Waals surface area contributed by atoms with Gasteiger partial charge in [0.2, 0.25) is 10.1 Å². The molecule has 9 heteroatoms. The van der Waals surface area contributed by atoms with Gasteiger partial charge in [-0.25, -0.2) is 0 Å². The molecule has 3 aromatic rings. The highest BCUT2D eigenvalue weighted by Gasteiger charge is 2.09. The number of anilines is 1. The van der Waals surface area contributed by atoms with Crippen molar-refractivity contribution in [1.82, 2.24) is 19.8 Å². The van der Waals surface area contributed by atoms with Crippen LogP contribution in [0.25, 0.3) is 4.96 Å². The van der Waals surface area contributed by atoms with Gasteiger partial charge in [-0.2, -0.15) is 4.52 Å². The fourth-order valence-electron chi connectivity index (χ4n) is 1.62. The summed E-state index contributed by atoms with van der Waals surface area (Å²) < 4.78 is 6.89. The Morgan fingerprint density at radius 3 is 3.14 bits per heavy atom. The minimum absolute atomic E-state index is 0.110. The molecule has 0 unspecified atom stereocenters. The van der Waals surface area contributed by atoms with Crippen molar-refractivity contribution < 1.29 is 9.53 Å². The average molecular weight is 324 g/mol. The second-order valence-electron chi connectivity index (χ2n) is 4.21. The van der Waals surface area contributed by atoms with E-state index in [-0.39, 0.29) is 12.5 Å². The van der Waals surface area contributed by atoms with Crippen LogP contribution in [0.2, 0.25) is 5.02 Å². The molecule has 0 radical (unpaired) electrons. The van der Waals surface area contributed by atoms with E-state index in [0.29, 0.717) is 20.9 Å². The van der Waals surface area contributed by atoms with Gasteiger partial charge in [-0.15, -0.1) is 15.3 Å². The Kier molecular flexibility index (Phi) is 3.72. The van der Waals surface area contributed by atoms with E-state index < -0.39 is 0 Å². The molecule has 0 fully saturated rings. The summed E-state index contributed by atoms with van der Waals surface area (Å²) in [6.45, 7) is 1.76. The predicted molar refractivity (Wildman–Crippen MR) is 79.0 cm³/mol. The van der Waals surface area contributed by atoms with E-state index in [1.165, 1.54) is 22.2 Å². The molecule has 0 bridgehead atoms. The van der Waals surface area contributed by atoms with Gasteiger partial charge in [-0.1, -0.05) is 22.9 Å². The van der Waals surface area contributed by atoms with Gasteiger partial charge in [-0.3, -0.25) is 10.1 Å². The summed E-state index contributed by atoms with van der Waals surface area (Å²) in [7, 11) is 0. The number of carbonyl (C=O) groups excluding carboxylic acids is 1. The molecule has 0 saturated carbocycles. The highest BCUT2D eigenvalue weighted by atomic mass is 35.5. The lowest BCUT2D eigenvalue weighted by atomic mass is 10.2. The number of fused-ring (bicyclic) bond motifs is 1. The molecule has 2 aromatic heterocycles. The minimum atomic E-state index is -0.299. The Balaban J connectivity index is 1.58. The number of hydrogen-bond donors (Lipinski definition) is 1. The lowest BCUT2D eigenvalue weighted by molar-refractivity contribution is -0.118. The van der Waals surface area contributed by atoms with E-state index in [1.807, 2.05) is 6.92 Å². The van der Waals surface area contributed by atoms with Crippen LogP contribution in [0.5, 0.6) is 5.75 Å². The number of ether oxygens (including phenoxy) is 1. The maximum atomic E-state index is 11.8. The highest BCUT2D eigenvalue weighted by Crippen LogP contribution is 2.21. The number of rotatable bonds is 4. The van der Waals surface area contributed by atoms with Gasteiger partial charge in [0.15, 0.2) is 6.61 Å². The van der Waals surface area contributed by atoms with Gasteiger partial charge in [0.1, 0.15) is 12.1 Å². The van der Waals surface area contributed by atoms with Crippen LogP contribution in [0.15, 0.2) is 24.5 Å². The van der Waals surface area contributed by atoms with Crippen molar-refractivity contribution >= 4 is 38.9 Å². The second kappa shape index (κ2) is 5.66. The van der Waals surface area contributed by atoms with Crippen LogP contribution in [-0.2, 0) is 4.79 Å². The summed E-state index contributed by atoms with van der Waals surface area (Å²) in [5.74, 6) is 0.290. The molecule has 108 valence electrons. The molecule has 0 atom stereocenters. The van der Waals surface area contributed by atoms with Gasteiger partial charge in [-0.05, 0) is 30.7 Å². The predicted octanol–water partition coefficient (Wildman–Crippen LogP) is 2.17. The van der Waals surface area contributed by atoms with Crippen molar-refractivity contribution in [3.05, 3.63) is 35.1 Å². The molecule has 0 saturated heterocycles. The number of amides is 1. The number of carbonyl (C=O) groups is 1. The third kappa shape index (κ3) is 3.11.